The zero-order chi connectivity index (χ0) is 13.1. The highest BCUT2D eigenvalue weighted by Gasteiger charge is 2.23. The van der Waals surface area contributed by atoms with Crippen molar-refractivity contribution < 1.29 is 17.9 Å². The maximum atomic E-state index is 12.0. The minimum absolute atomic E-state index is 0.0951. The third-order valence-electron chi connectivity index (χ3n) is 2.05. The van der Waals surface area contributed by atoms with Crippen LogP contribution in [-0.2, 0) is 14.6 Å². The number of esters is 1. The molecule has 0 unspecified atom stereocenters. The fourth-order valence-electron chi connectivity index (χ4n) is 1.30. The second-order valence-electron chi connectivity index (χ2n) is 3.28. The molecule has 0 radical (unpaired) electrons. The maximum absolute atomic E-state index is 12.0. The zero-order valence-electron chi connectivity index (χ0n) is 9.85. The second-order valence-corrected chi connectivity index (χ2v) is 7.48. The molecule has 0 aliphatic heterocycles. The van der Waals surface area contributed by atoms with Gasteiger partial charge in [-0.2, -0.15) is 0 Å². The van der Waals surface area contributed by atoms with Crippen molar-refractivity contribution in [1.82, 2.24) is 0 Å². The number of rotatable bonds is 5. The number of hydrogen-bond acceptors (Lipinski definition) is 6. The third kappa shape index (κ3) is 3.23. The molecule has 0 bridgehead atoms. The molecule has 0 saturated heterocycles. The highest BCUT2D eigenvalue weighted by atomic mass is 32.2. The van der Waals surface area contributed by atoms with Crippen molar-refractivity contribution in [2.45, 2.75) is 22.4 Å². The number of carbonyl (C=O) groups excluding carboxylic acids is 1. The minimum atomic E-state index is -3.29. The van der Waals surface area contributed by atoms with Gasteiger partial charge in [0.25, 0.3) is 0 Å². The van der Waals surface area contributed by atoms with E-state index < -0.39 is 15.8 Å². The van der Waals surface area contributed by atoms with Crippen LogP contribution in [0.5, 0.6) is 0 Å². The molecule has 0 aliphatic rings. The maximum Gasteiger partial charge on any atom is 0.348 e. The third-order valence-corrected chi connectivity index (χ3v) is 6.49. The van der Waals surface area contributed by atoms with Crippen molar-refractivity contribution in [3.05, 3.63) is 10.9 Å². The van der Waals surface area contributed by atoms with Crippen LogP contribution in [0.15, 0.2) is 15.2 Å². The van der Waals surface area contributed by atoms with E-state index in [2.05, 4.69) is 4.74 Å². The molecule has 0 fully saturated rings. The SMILES string of the molecule is CCCS(=O)(=O)c1cc(C(=O)OC)sc1SC. The molecule has 96 valence electrons. The molecule has 1 heterocycles. The zero-order valence-corrected chi connectivity index (χ0v) is 12.3. The Kier molecular flexibility index (Phi) is 5.03. The Morgan fingerprint density at radius 1 is 1.53 bits per heavy atom. The summed E-state index contributed by atoms with van der Waals surface area (Å²) < 4.78 is 29.2. The molecule has 0 aliphatic carbocycles. The van der Waals surface area contributed by atoms with Crippen LogP contribution in [0.3, 0.4) is 0 Å². The molecule has 0 N–H and O–H groups in total. The summed E-state index contributed by atoms with van der Waals surface area (Å²) in [5.74, 6) is -0.402. The van der Waals surface area contributed by atoms with Crippen molar-refractivity contribution in [1.29, 1.82) is 0 Å². The molecular weight excluding hydrogens is 280 g/mol. The van der Waals surface area contributed by atoms with E-state index in [0.29, 0.717) is 15.5 Å². The fourth-order valence-corrected chi connectivity index (χ4v) is 5.38. The van der Waals surface area contributed by atoms with Gasteiger partial charge in [-0.15, -0.1) is 23.1 Å². The molecule has 17 heavy (non-hydrogen) atoms. The van der Waals surface area contributed by atoms with E-state index in [4.69, 9.17) is 0 Å². The first-order valence-corrected chi connectivity index (χ1v) is 8.64. The highest BCUT2D eigenvalue weighted by molar-refractivity contribution is 8.01. The van der Waals surface area contributed by atoms with Crippen LogP contribution in [-0.4, -0.2) is 33.5 Å². The number of ether oxygens (including phenoxy) is 1. The Morgan fingerprint density at radius 2 is 2.18 bits per heavy atom. The van der Waals surface area contributed by atoms with Crippen LogP contribution >= 0.6 is 23.1 Å². The largest absolute Gasteiger partial charge is 0.465 e. The van der Waals surface area contributed by atoms with Gasteiger partial charge in [0.05, 0.1) is 22.0 Å². The van der Waals surface area contributed by atoms with Gasteiger partial charge in [0.2, 0.25) is 0 Å². The van der Waals surface area contributed by atoms with Gasteiger partial charge in [0, 0.05) is 0 Å². The molecule has 1 rings (SSSR count). The number of sulfone groups is 1. The summed E-state index contributed by atoms with van der Waals surface area (Å²) in [6, 6.07) is 1.41. The van der Waals surface area contributed by atoms with Gasteiger partial charge < -0.3 is 4.74 Å². The van der Waals surface area contributed by atoms with E-state index in [9.17, 15) is 13.2 Å². The van der Waals surface area contributed by atoms with Crippen molar-refractivity contribution >= 4 is 38.9 Å². The van der Waals surface area contributed by atoms with Gasteiger partial charge in [0.1, 0.15) is 4.88 Å². The predicted octanol–water partition coefficient (Wildman–Crippen LogP) is 2.44. The normalized spacial score (nSPS) is 11.5. The molecule has 4 nitrogen and oxygen atoms in total. The van der Waals surface area contributed by atoms with E-state index in [-0.39, 0.29) is 10.6 Å². The Balaban J connectivity index is 3.24. The fraction of sp³-hybridized carbons (Fsp3) is 0.500. The quantitative estimate of drug-likeness (QED) is 0.616. The molecular formula is C10H14O4S3. The van der Waals surface area contributed by atoms with E-state index >= 15 is 0 Å². The highest BCUT2D eigenvalue weighted by Crippen LogP contribution is 2.34. The van der Waals surface area contributed by atoms with Gasteiger partial charge >= 0.3 is 5.97 Å². The molecule has 0 spiro atoms. The van der Waals surface area contributed by atoms with Crippen molar-refractivity contribution in [2.75, 3.05) is 19.1 Å². The Hall–Kier alpha value is -0.530. The van der Waals surface area contributed by atoms with E-state index in [0.717, 1.165) is 11.3 Å². The summed E-state index contributed by atoms with van der Waals surface area (Å²) in [6.07, 6.45) is 2.34. The first-order chi connectivity index (χ1) is 7.96. The van der Waals surface area contributed by atoms with Crippen LogP contribution in [0.1, 0.15) is 23.0 Å². The molecule has 0 atom stereocenters. The van der Waals surface area contributed by atoms with E-state index in [1.54, 1.807) is 6.26 Å². The van der Waals surface area contributed by atoms with Crippen molar-refractivity contribution in [3.8, 4) is 0 Å². The lowest BCUT2D eigenvalue weighted by Crippen LogP contribution is -2.05. The molecule has 1 aromatic rings. The number of thiophene rings is 1. The average molecular weight is 294 g/mol. The summed E-state index contributed by atoms with van der Waals surface area (Å²) in [7, 11) is -2.01. The summed E-state index contributed by atoms with van der Waals surface area (Å²) in [6.45, 7) is 1.81. The van der Waals surface area contributed by atoms with Crippen molar-refractivity contribution in [3.63, 3.8) is 0 Å². The average Bonchev–Trinajstić information content (AvgIpc) is 2.72. The van der Waals surface area contributed by atoms with Crippen molar-refractivity contribution in [2.24, 2.45) is 0 Å². The Labute approximate surface area is 109 Å². The van der Waals surface area contributed by atoms with E-state index in [1.807, 2.05) is 6.92 Å². The first-order valence-electron chi connectivity index (χ1n) is 4.95. The summed E-state index contributed by atoms with van der Waals surface area (Å²) in [4.78, 5) is 11.9. The number of carbonyl (C=O) groups is 1. The topological polar surface area (TPSA) is 60.4 Å². The lowest BCUT2D eigenvalue weighted by atomic mass is 10.5. The van der Waals surface area contributed by atoms with Gasteiger partial charge in [-0.1, -0.05) is 6.92 Å². The van der Waals surface area contributed by atoms with Crippen LogP contribution in [0.4, 0.5) is 0 Å². The second kappa shape index (κ2) is 5.88. The van der Waals surface area contributed by atoms with Gasteiger partial charge in [0.15, 0.2) is 9.84 Å². The predicted molar refractivity (Wildman–Crippen MR) is 69.8 cm³/mol. The standard InChI is InChI=1S/C10H14O4S3/c1-4-5-17(12,13)8-6-7(9(11)14-2)16-10(8)15-3/h6H,4-5H2,1-3H3. The Bertz CT molecular complexity index is 502. The van der Waals surface area contributed by atoms with Crippen LogP contribution in [0.25, 0.3) is 0 Å². The number of hydrogen-bond donors (Lipinski definition) is 0. The molecule has 0 amide bonds. The van der Waals surface area contributed by atoms with E-state index in [1.165, 1.54) is 24.9 Å². The summed E-state index contributed by atoms with van der Waals surface area (Å²) in [5.41, 5.74) is 0. The molecule has 1 aromatic heterocycles. The summed E-state index contributed by atoms with van der Waals surface area (Å²) in [5, 5.41) is 0. The minimum Gasteiger partial charge on any atom is -0.465 e. The molecule has 7 heteroatoms. The van der Waals surface area contributed by atoms with Crippen LogP contribution in [0, 0.1) is 0 Å². The van der Waals surface area contributed by atoms with Gasteiger partial charge in [-0.05, 0) is 18.7 Å². The van der Waals surface area contributed by atoms with Gasteiger partial charge in [-0.3, -0.25) is 0 Å². The number of methoxy groups -OCH3 is 1. The van der Waals surface area contributed by atoms with Crippen LogP contribution in [0.2, 0.25) is 0 Å². The smallest absolute Gasteiger partial charge is 0.348 e. The lowest BCUT2D eigenvalue weighted by molar-refractivity contribution is 0.0606. The van der Waals surface area contributed by atoms with Gasteiger partial charge in [-0.25, -0.2) is 13.2 Å². The lowest BCUT2D eigenvalue weighted by Gasteiger charge is -2.01. The Morgan fingerprint density at radius 3 is 2.65 bits per heavy atom. The number of thioether (sulfide) groups is 1. The molecule has 0 aromatic carbocycles. The summed E-state index contributed by atoms with van der Waals surface area (Å²) >= 11 is 2.48. The monoisotopic (exact) mass is 294 g/mol. The first kappa shape index (κ1) is 14.5. The molecule has 0 saturated carbocycles. The van der Waals surface area contributed by atoms with Crippen LogP contribution < -0.4 is 0 Å².